The third kappa shape index (κ3) is 3.35. The Hall–Kier alpha value is -1.36. The molecule has 1 atom stereocenters. The van der Waals surface area contributed by atoms with E-state index in [1.165, 1.54) is 6.42 Å². The first kappa shape index (κ1) is 15.5. The molecule has 0 spiro atoms. The lowest BCUT2D eigenvalue weighted by Gasteiger charge is -2.21. The maximum absolute atomic E-state index is 12.8. The van der Waals surface area contributed by atoms with Crippen LogP contribution >= 0.6 is 11.6 Å². The Morgan fingerprint density at radius 2 is 1.95 bits per heavy atom. The van der Waals surface area contributed by atoms with Crippen molar-refractivity contribution in [3.63, 3.8) is 0 Å². The predicted molar refractivity (Wildman–Crippen MR) is 87.4 cm³/mol. The summed E-state index contributed by atoms with van der Waals surface area (Å²) < 4.78 is 0. The third-order valence-electron chi connectivity index (χ3n) is 4.63. The van der Waals surface area contributed by atoms with E-state index in [1.54, 1.807) is 6.20 Å². The van der Waals surface area contributed by atoms with E-state index in [1.807, 2.05) is 4.90 Å². The van der Waals surface area contributed by atoms with E-state index in [-0.39, 0.29) is 5.91 Å². The summed E-state index contributed by atoms with van der Waals surface area (Å²) in [5.74, 6) is 1.26. The first-order valence-corrected chi connectivity index (χ1v) is 8.59. The van der Waals surface area contributed by atoms with Gasteiger partial charge < -0.3 is 9.80 Å². The number of aromatic nitrogens is 2. The molecule has 2 aliphatic heterocycles. The molecule has 0 saturated carbocycles. The monoisotopic (exact) mass is 322 g/mol. The molecule has 0 bridgehead atoms. The zero-order valence-corrected chi connectivity index (χ0v) is 13.8. The van der Waals surface area contributed by atoms with Crippen molar-refractivity contribution in [2.75, 3.05) is 31.1 Å². The molecule has 0 aromatic carbocycles. The normalized spacial score (nSPS) is 22.7. The summed E-state index contributed by atoms with van der Waals surface area (Å²) in [5.41, 5.74) is 0.355. The van der Waals surface area contributed by atoms with Crippen LogP contribution < -0.4 is 4.90 Å². The standard InChI is InChI=1S/C16H23ClN4O/c1-12-5-4-9-20(10-6-12)15(22)14-13(17)11-18-16(19-14)21-7-2-3-8-21/h11-12H,2-10H2,1H3/t12-/m1/s1. The molecule has 22 heavy (non-hydrogen) atoms. The molecule has 6 heteroatoms. The van der Waals surface area contributed by atoms with Crippen LogP contribution in [0.25, 0.3) is 0 Å². The largest absolute Gasteiger partial charge is 0.341 e. The van der Waals surface area contributed by atoms with Gasteiger partial charge in [0.1, 0.15) is 0 Å². The van der Waals surface area contributed by atoms with Crippen LogP contribution in [0, 0.1) is 5.92 Å². The van der Waals surface area contributed by atoms with Crippen LogP contribution in [0.1, 0.15) is 49.5 Å². The lowest BCUT2D eigenvalue weighted by Crippen LogP contribution is -2.33. The minimum Gasteiger partial charge on any atom is -0.341 e. The number of likely N-dealkylation sites (tertiary alicyclic amines) is 1. The summed E-state index contributed by atoms with van der Waals surface area (Å²) in [6, 6.07) is 0. The Balaban J connectivity index is 1.80. The molecule has 3 rings (SSSR count). The van der Waals surface area contributed by atoms with Crippen molar-refractivity contribution in [3.05, 3.63) is 16.9 Å². The Kier molecular flexibility index (Phi) is 4.81. The van der Waals surface area contributed by atoms with Gasteiger partial charge in [-0.15, -0.1) is 0 Å². The molecule has 1 aromatic rings. The van der Waals surface area contributed by atoms with Crippen LogP contribution in [0.5, 0.6) is 0 Å². The summed E-state index contributed by atoms with van der Waals surface area (Å²) >= 11 is 6.20. The summed E-state index contributed by atoms with van der Waals surface area (Å²) in [6.45, 7) is 5.74. The van der Waals surface area contributed by atoms with Crippen LogP contribution in [0.15, 0.2) is 6.20 Å². The Labute approximate surface area is 136 Å². The molecule has 5 nitrogen and oxygen atoms in total. The number of anilines is 1. The van der Waals surface area contributed by atoms with Gasteiger partial charge in [0.2, 0.25) is 5.95 Å². The lowest BCUT2D eigenvalue weighted by molar-refractivity contribution is 0.0754. The highest BCUT2D eigenvalue weighted by Crippen LogP contribution is 2.23. The molecule has 1 amide bonds. The Bertz CT molecular complexity index is 545. The molecule has 3 heterocycles. The van der Waals surface area contributed by atoms with Gasteiger partial charge in [-0.3, -0.25) is 4.79 Å². The first-order valence-electron chi connectivity index (χ1n) is 8.22. The quantitative estimate of drug-likeness (QED) is 0.840. The maximum atomic E-state index is 12.8. The van der Waals surface area contributed by atoms with Gasteiger partial charge in [0.25, 0.3) is 5.91 Å². The van der Waals surface area contributed by atoms with E-state index >= 15 is 0 Å². The summed E-state index contributed by atoms with van der Waals surface area (Å²) in [5, 5.41) is 0.352. The van der Waals surface area contributed by atoms with Gasteiger partial charge in [-0.1, -0.05) is 18.5 Å². The highest BCUT2D eigenvalue weighted by molar-refractivity contribution is 6.33. The van der Waals surface area contributed by atoms with Crippen LogP contribution in [0.3, 0.4) is 0 Å². The molecule has 0 unspecified atom stereocenters. The Morgan fingerprint density at radius 3 is 2.73 bits per heavy atom. The second kappa shape index (κ2) is 6.82. The van der Waals surface area contributed by atoms with Gasteiger partial charge in [0, 0.05) is 26.2 Å². The minimum atomic E-state index is -0.0538. The molecule has 2 fully saturated rings. The number of hydrogen-bond acceptors (Lipinski definition) is 4. The number of nitrogens with zero attached hydrogens (tertiary/aromatic N) is 4. The summed E-state index contributed by atoms with van der Waals surface area (Å²) in [6.07, 6.45) is 7.15. The van der Waals surface area contributed by atoms with Gasteiger partial charge in [0.05, 0.1) is 11.2 Å². The number of carbonyl (C=O) groups excluding carboxylic acids is 1. The number of amides is 1. The van der Waals surface area contributed by atoms with Crippen molar-refractivity contribution >= 4 is 23.5 Å². The van der Waals surface area contributed by atoms with Crippen LogP contribution in [0.4, 0.5) is 5.95 Å². The topological polar surface area (TPSA) is 49.3 Å². The van der Waals surface area contributed by atoms with Crippen molar-refractivity contribution in [1.82, 2.24) is 14.9 Å². The van der Waals surface area contributed by atoms with Crippen molar-refractivity contribution in [1.29, 1.82) is 0 Å². The highest BCUT2D eigenvalue weighted by atomic mass is 35.5. The zero-order valence-electron chi connectivity index (χ0n) is 13.1. The van der Waals surface area contributed by atoms with E-state index in [4.69, 9.17) is 11.6 Å². The second-order valence-corrected chi connectivity index (χ2v) is 6.80. The third-order valence-corrected chi connectivity index (χ3v) is 4.90. The lowest BCUT2D eigenvalue weighted by atomic mass is 10.0. The van der Waals surface area contributed by atoms with Crippen molar-refractivity contribution in [2.24, 2.45) is 5.92 Å². The molecule has 1 aromatic heterocycles. The minimum absolute atomic E-state index is 0.0538. The maximum Gasteiger partial charge on any atom is 0.274 e. The van der Waals surface area contributed by atoms with Crippen molar-refractivity contribution < 1.29 is 4.79 Å². The van der Waals surface area contributed by atoms with E-state index in [0.717, 1.165) is 51.9 Å². The number of rotatable bonds is 2. The van der Waals surface area contributed by atoms with Gasteiger partial charge >= 0.3 is 0 Å². The number of carbonyl (C=O) groups is 1. The molecule has 2 aliphatic rings. The van der Waals surface area contributed by atoms with E-state index in [9.17, 15) is 4.79 Å². The van der Waals surface area contributed by atoms with Gasteiger partial charge in [0.15, 0.2) is 5.69 Å². The summed E-state index contributed by atoms with van der Waals surface area (Å²) in [4.78, 5) is 25.6. The molecule has 0 aliphatic carbocycles. The van der Waals surface area contributed by atoms with Gasteiger partial charge in [-0.25, -0.2) is 9.97 Å². The highest BCUT2D eigenvalue weighted by Gasteiger charge is 2.25. The predicted octanol–water partition coefficient (Wildman–Crippen LogP) is 2.99. The fraction of sp³-hybridized carbons (Fsp3) is 0.688. The van der Waals surface area contributed by atoms with Crippen molar-refractivity contribution in [2.45, 2.75) is 39.0 Å². The molecular weight excluding hydrogens is 300 g/mol. The van der Waals surface area contributed by atoms with Gasteiger partial charge in [-0.2, -0.15) is 0 Å². The molecule has 0 radical (unpaired) electrons. The van der Waals surface area contributed by atoms with Crippen LogP contribution in [-0.2, 0) is 0 Å². The van der Waals surface area contributed by atoms with Gasteiger partial charge in [-0.05, 0) is 38.0 Å². The average molecular weight is 323 g/mol. The van der Waals surface area contributed by atoms with E-state index in [0.29, 0.717) is 22.6 Å². The molecule has 0 N–H and O–H groups in total. The fourth-order valence-corrected chi connectivity index (χ4v) is 3.37. The Morgan fingerprint density at radius 1 is 1.18 bits per heavy atom. The molecular formula is C16H23ClN4O. The SMILES string of the molecule is C[C@@H]1CCCN(C(=O)c2nc(N3CCCC3)ncc2Cl)CC1. The van der Waals surface area contributed by atoms with Crippen molar-refractivity contribution in [3.8, 4) is 0 Å². The smallest absolute Gasteiger partial charge is 0.274 e. The van der Waals surface area contributed by atoms with Crippen LogP contribution in [-0.4, -0.2) is 47.0 Å². The molecule has 2 saturated heterocycles. The number of halogens is 1. The van der Waals surface area contributed by atoms with Crippen LogP contribution in [0.2, 0.25) is 5.02 Å². The van der Waals surface area contributed by atoms with E-state index in [2.05, 4.69) is 21.8 Å². The zero-order chi connectivity index (χ0) is 15.5. The number of hydrogen-bond donors (Lipinski definition) is 0. The summed E-state index contributed by atoms with van der Waals surface area (Å²) in [7, 11) is 0. The first-order chi connectivity index (χ1) is 10.6. The van der Waals surface area contributed by atoms with E-state index < -0.39 is 0 Å². The fourth-order valence-electron chi connectivity index (χ4n) is 3.19. The second-order valence-electron chi connectivity index (χ2n) is 6.39. The molecule has 120 valence electrons. The average Bonchev–Trinajstić information content (AvgIpc) is 2.96.